The molecule has 1 heterocycles. The second-order valence-corrected chi connectivity index (χ2v) is 2.25. The first kappa shape index (κ1) is 6.09. The number of benzene rings is 1. The van der Waals surface area contributed by atoms with Crippen LogP contribution in [-0.4, -0.2) is 12.2 Å². The summed E-state index contributed by atoms with van der Waals surface area (Å²) in [5, 5.41) is 2.88. The van der Waals surface area contributed by atoms with E-state index in [4.69, 9.17) is 0 Å². The molecule has 1 aliphatic heterocycles. The van der Waals surface area contributed by atoms with Gasteiger partial charge in [0.25, 0.3) is 6.34 Å². The fraction of sp³-hybridized carbons (Fsp3) is 0. The predicted octanol–water partition coefficient (Wildman–Crippen LogP) is 0.616. The summed E-state index contributed by atoms with van der Waals surface area (Å²) >= 11 is 0. The first-order chi connectivity index (χ1) is 5.38. The Labute approximate surface area is 63.8 Å². The SMILES string of the molecule is O=C1[N+]=CNc2ccccc21. The molecule has 1 aliphatic rings. The molecule has 2 rings (SSSR count). The number of aliphatic imine (C=N–C) groups is 1. The van der Waals surface area contributed by atoms with E-state index in [-0.39, 0.29) is 5.91 Å². The van der Waals surface area contributed by atoms with E-state index in [0.717, 1.165) is 5.69 Å². The molecule has 1 amide bonds. The van der Waals surface area contributed by atoms with Gasteiger partial charge in [-0.2, -0.15) is 0 Å². The fourth-order valence-electron chi connectivity index (χ4n) is 1.03. The third-order valence-electron chi connectivity index (χ3n) is 1.56. The Morgan fingerprint density at radius 3 is 2.91 bits per heavy atom. The lowest BCUT2D eigenvalue weighted by atomic mass is 10.1. The van der Waals surface area contributed by atoms with Gasteiger partial charge in [-0.1, -0.05) is 12.1 Å². The molecule has 1 radical (unpaired) electrons. The molecule has 1 N–H and O–H groups in total. The molecule has 0 bridgehead atoms. The van der Waals surface area contributed by atoms with E-state index in [1.54, 1.807) is 6.07 Å². The Bertz CT molecular complexity index is 331. The highest BCUT2D eigenvalue weighted by Gasteiger charge is 2.20. The largest absolute Gasteiger partial charge is 0.386 e. The summed E-state index contributed by atoms with van der Waals surface area (Å²) in [7, 11) is 0. The molecule has 1 aromatic carbocycles. The fourth-order valence-corrected chi connectivity index (χ4v) is 1.03. The average Bonchev–Trinajstić information content (AvgIpc) is 2.06. The van der Waals surface area contributed by atoms with Crippen molar-refractivity contribution in [2.45, 2.75) is 0 Å². The van der Waals surface area contributed by atoms with Crippen LogP contribution >= 0.6 is 0 Å². The lowest BCUT2D eigenvalue weighted by molar-refractivity contribution is 0.0983. The zero-order valence-electron chi connectivity index (χ0n) is 5.74. The second kappa shape index (κ2) is 2.20. The van der Waals surface area contributed by atoms with Gasteiger partial charge >= 0.3 is 5.91 Å². The number of hydrogen-bond donors (Lipinski definition) is 1. The van der Waals surface area contributed by atoms with Crippen LogP contribution in [0.25, 0.3) is 0 Å². The van der Waals surface area contributed by atoms with Crippen LogP contribution in [0.3, 0.4) is 0 Å². The Kier molecular flexibility index (Phi) is 1.22. The highest BCUT2D eigenvalue weighted by molar-refractivity contribution is 6.07. The monoisotopic (exact) mass is 146 g/mol. The molecule has 0 spiro atoms. The maximum atomic E-state index is 11.0. The number of carbonyl (C=O) groups is 1. The highest BCUT2D eigenvalue weighted by atomic mass is 16.1. The van der Waals surface area contributed by atoms with Crippen molar-refractivity contribution in [3.8, 4) is 0 Å². The van der Waals surface area contributed by atoms with Gasteiger partial charge < -0.3 is 0 Å². The van der Waals surface area contributed by atoms with Crippen molar-refractivity contribution in [1.82, 2.24) is 4.99 Å². The molecule has 0 aliphatic carbocycles. The van der Waals surface area contributed by atoms with Gasteiger partial charge in [-0.05, 0) is 17.1 Å². The summed E-state index contributed by atoms with van der Waals surface area (Å²) in [5.41, 5.74) is 1.46. The van der Waals surface area contributed by atoms with Gasteiger partial charge in [-0.25, -0.2) is 10.1 Å². The molecule has 0 aromatic heterocycles. The summed E-state index contributed by atoms with van der Waals surface area (Å²) in [4.78, 5) is 14.6. The molecule has 0 saturated heterocycles. The predicted molar refractivity (Wildman–Crippen MR) is 42.6 cm³/mol. The van der Waals surface area contributed by atoms with Crippen molar-refractivity contribution in [1.29, 1.82) is 0 Å². The first-order valence-electron chi connectivity index (χ1n) is 3.30. The van der Waals surface area contributed by atoms with E-state index in [0.29, 0.717) is 5.56 Å². The molecule has 0 unspecified atom stereocenters. The number of fused-ring (bicyclic) bond motifs is 1. The molecule has 0 atom stereocenters. The number of anilines is 1. The van der Waals surface area contributed by atoms with E-state index in [1.807, 2.05) is 18.2 Å². The van der Waals surface area contributed by atoms with Gasteiger partial charge in [0, 0.05) is 0 Å². The standard InChI is InChI=1S/C8H6N2O/c11-8-6-3-1-2-4-7(6)9-5-10-8/h1-5H,(H,9,11)/q+1. The number of carbonyl (C=O) groups excluding carboxylic acids is 1. The van der Waals surface area contributed by atoms with E-state index < -0.39 is 0 Å². The van der Waals surface area contributed by atoms with Gasteiger partial charge in [0.15, 0.2) is 0 Å². The lowest BCUT2D eigenvalue weighted by Crippen LogP contribution is -2.19. The molecular formula is C8H6N2O+. The molecule has 3 nitrogen and oxygen atoms in total. The van der Waals surface area contributed by atoms with Crippen molar-refractivity contribution in [2.24, 2.45) is 0 Å². The second-order valence-electron chi connectivity index (χ2n) is 2.25. The maximum Gasteiger partial charge on any atom is 0.386 e. The van der Waals surface area contributed by atoms with Crippen molar-refractivity contribution in [3.05, 3.63) is 29.8 Å². The van der Waals surface area contributed by atoms with E-state index in [2.05, 4.69) is 10.3 Å². The van der Waals surface area contributed by atoms with Crippen LogP contribution in [-0.2, 0) is 0 Å². The summed E-state index contributed by atoms with van der Waals surface area (Å²) < 4.78 is 0. The quantitative estimate of drug-likeness (QED) is 0.583. The Morgan fingerprint density at radius 2 is 2.09 bits per heavy atom. The van der Waals surface area contributed by atoms with E-state index in [9.17, 15) is 4.79 Å². The van der Waals surface area contributed by atoms with Gasteiger partial charge in [0.05, 0.1) is 0 Å². The lowest BCUT2D eigenvalue weighted by Gasteiger charge is -2.00. The van der Waals surface area contributed by atoms with Crippen LogP contribution in [0.2, 0.25) is 0 Å². The Hall–Kier alpha value is -1.64. The van der Waals surface area contributed by atoms with Crippen molar-refractivity contribution in [3.63, 3.8) is 0 Å². The van der Waals surface area contributed by atoms with E-state index >= 15 is 0 Å². The molecular weight excluding hydrogens is 140 g/mol. The molecule has 11 heavy (non-hydrogen) atoms. The van der Waals surface area contributed by atoms with Crippen LogP contribution in [0.4, 0.5) is 5.69 Å². The molecule has 0 fully saturated rings. The topological polar surface area (TPSA) is 43.2 Å². The maximum absolute atomic E-state index is 11.0. The van der Waals surface area contributed by atoms with Crippen LogP contribution < -0.4 is 10.3 Å². The molecule has 0 saturated carbocycles. The summed E-state index contributed by atoms with van der Waals surface area (Å²) in [6.07, 6.45) is 1.41. The number of nitrogens with zero attached hydrogens (tertiary/aromatic N) is 1. The van der Waals surface area contributed by atoms with E-state index in [1.165, 1.54) is 6.34 Å². The molecule has 53 valence electrons. The number of nitrogens with one attached hydrogen (secondary N) is 1. The summed E-state index contributed by atoms with van der Waals surface area (Å²) in [6.45, 7) is 0. The Balaban J connectivity index is 2.59. The third kappa shape index (κ3) is 0.902. The van der Waals surface area contributed by atoms with Crippen molar-refractivity contribution >= 4 is 17.9 Å². The highest BCUT2D eigenvalue weighted by Crippen LogP contribution is 2.14. The minimum absolute atomic E-state index is 0.181. The van der Waals surface area contributed by atoms with Gasteiger partial charge in [-0.3, -0.25) is 0 Å². The number of hydrogen-bond acceptors (Lipinski definition) is 2. The first-order valence-corrected chi connectivity index (χ1v) is 3.30. The van der Waals surface area contributed by atoms with Crippen LogP contribution in [0.5, 0.6) is 0 Å². The summed E-state index contributed by atoms with van der Waals surface area (Å²) in [5.74, 6) is -0.181. The Morgan fingerprint density at radius 1 is 1.27 bits per heavy atom. The zero-order chi connectivity index (χ0) is 7.68. The van der Waals surface area contributed by atoms with Crippen LogP contribution in [0.1, 0.15) is 10.4 Å². The number of amides is 1. The van der Waals surface area contributed by atoms with Gasteiger partial charge in [0.2, 0.25) is 0 Å². The normalized spacial score (nSPS) is 14.0. The minimum atomic E-state index is -0.181. The zero-order valence-corrected chi connectivity index (χ0v) is 5.74. The van der Waals surface area contributed by atoms with Gasteiger partial charge in [-0.15, -0.1) is 0 Å². The number of rotatable bonds is 0. The van der Waals surface area contributed by atoms with Crippen molar-refractivity contribution < 1.29 is 4.79 Å². The van der Waals surface area contributed by atoms with Crippen molar-refractivity contribution in [2.75, 3.05) is 5.32 Å². The third-order valence-corrected chi connectivity index (χ3v) is 1.56. The van der Waals surface area contributed by atoms with Gasteiger partial charge in [0.1, 0.15) is 11.3 Å². The summed E-state index contributed by atoms with van der Waals surface area (Å²) in [6, 6.07) is 7.29. The van der Waals surface area contributed by atoms with Crippen LogP contribution in [0, 0.1) is 0 Å². The molecule has 3 heteroatoms. The number of para-hydroxylation sites is 1. The average molecular weight is 146 g/mol. The van der Waals surface area contributed by atoms with Crippen LogP contribution in [0.15, 0.2) is 24.3 Å². The minimum Gasteiger partial charge on any atom is -0.243 e. The smallest absolute Gasteiger partial charge is 0.243 e. The molecule has 1 aromatic rings.